The van der Waals surface area contributed by atoms with Gasteiger partial charge in [-0.25, -0.2) is 9.97 Å². The number of amides is 1. The first kappa shape index (κ1) is 29.7. The van der Waals surface area contributed by atoms with Gasteiger partial charge in [0.2, 0.25) is 0 Å². The van der Waals surface area contributed by atoms with Gasteiger partial charge in [-0.1, -0.05) is 24.4 Å². The maximum Gasteiger partial charge on any atom is 0.280 e. The molecule has 0 aliphatic rings. The maximum atomic E-state index is 12.1. The molecule has 0 saturated carbocycles. The van der Waals surface area contributed by atoms with E-state index in [4.69, 9.17) is 52.9 Å². The zero-order valence-electron chi connectivity index (χ0n) is 19.3. The van der Waals surface area contributed by atoms with Crippen LogP contribution in [0.15, 0.2) is 4.99 Å². The Bertz CT molecular complexity index is 742. The number of nitrogens with zero attached hydrogens (tertiary/aromatic N) is 3. The van der Waals surface area contributed by atoms with Gasteiger partial charge < -0.3 is 41.3 Å². The minimum Gasteiger partial charge on any atom is -0.394 e. The lowest BCUT2D eigenvalue weighted by atomic mass is 10.2. The number of aliphatic imine (C=N–C) groups is 1. The highest BCUT2D eigenvalue weighted by molar-refractivity contribution is 6.31. The van der Waals surface area contributed by atoms with Crippen molar-refractivity contribution in [2.75, 3.05) is 77.5 Å². The molecule has 0 saturated heterocycles. The molecular weight excluding hydrogens is 470 g/mol. The zero-order chi connectivity index (χ0) is 25.0. The van der Waals surface area contributed by atoms with Gasteiger partial charge in [-0.05, 0) is 12.8 Å². The van der Waals surface area contributed by atoms with Gasteiger partial charge in [0, 0.05) is 13.2 Å². The van der Waals surface area contributed by atoms with Crippen molar-refractivity contribution in [2.45, 2.75) is 25.7 Å². The molecule has 0 fully saturated rings. The molecule has 0 aliphatic carbocycles. The zero-order valence-corrected chi connectivity index (χ0v) is 20.1. The van der Waals surface area contributed by atoms with Gasteiger partial charge in [0.05, 0.1) is 52.9 Å². The summed E-state index contributed by atoms with van der Waals surface area (Å²) >= 11 is 5.76. The summed E-state index contributed by atoms with van der Waals surface area (Å²) in [5.41, 5.74) is 16.7. The van der Waals surface area contributed by atoms with Gasteiger partial charge in [-0.2, -0.15) is 0 Å². The molecule has 0 spiro atoms. The molecule has 34 heavy (non-hydrogen) atoms. The van der Waals surface area contributed by atoms with E-state index in [0.29, 0.717) is 59.4 Å². The highest BCUT2D eigenvalue weighted by Gasteiger charge is 2.16. The maximum absolute atomic E-state index is 12.1. The third-order valence-corrected chi connectivity index (χ3v) is 4.47. The first-order chi connectivity index (χ1) is 16.5. The fourth-order valence-electron chi connectivity index (χ4n) is 2.52. The number of rotatable bonds is 19. The second-order valence-electron chi connectivity index (χ2n) is 6.94. The Morgan fingerprint density at radius 2 is 1.41 bits per heavy atom. The predicted molar refractivity (Wildman–Crippen MR) is 129 cm³/mol. The number of ether oxygens (including phenoxy) is 4. The molecule has 0 atom stereocenters. The normalized spacial score (nSPS) is 11.6. The van der Waals surface area contributed by atoms with Crippen LogP contribution in [0.5, 0.6) is 0 Å². The van der Waals surface area contributed by atoms with E-state index in [1.807, 2.05) is 0 Å². The Balaban J connectivity index is 1.96. The van der Waals surface area contributed by atoms with Crippen molar-refractivity contribution in [3.05, 3.63) is 10.8 Å². The second-order valence-corrected chi connectivity index (χ2v) is 7.30. The summed E-state index contributed by atoms with van der Waals surface area (Å²) in [4.78, 5) is 23.8. The number of carbonyl (C=O) groups excluding carboxylic acids is 1. The first-order valence-corrected chi connectivity index (χ1v) is 11.4. The van der Waals surface area contributed by atoms with E-state index < -0.39 is 5.91 Å². The SMILES string of the molecule is NC(=NCCCCCCOCCOCCOCCOCCO)NC(=O)c1nc(Cl)c(N)nc1N. The average Bonchev–Trinajstić information content (AvgIpc) is 2.80. The molecule has 1 rings (SSSR count). The summed E-state index contributed by atoms with van der Waals surface area (Å²) in [5, 5.41) is 10.8. The summed E-state index contributed by atoms with van der Waals surface area (Å²) in [5.74, 6) is -0.907. The van der Waals surface area contributed by atoms with E-state index in [0.717, 1.165) is 25.7 Å². The molecule has 14 heteroatoms. The summed E-state index contributed by atoms with van der Waals surface area (Å²) < 4.78 is 21.3. The first-order valence-electron chi connectivity index (χ1n) is 11.1. The molecule has 1 aromatic rings. The average molecular weight is 506 g/mol. The number of aliphatic hydroxyl groups is 1. The van der Waals surface area contributed by atoms with Crippen LogP contribution in [0, 0.1) is 0 Å². The number of aromatic nitrogens is 2. The molecule has 1 aromatic heterocycles. The predicted octanol–water partition coefficient (Wildman–Crippen LogP) is -0.0420. The number of aliphatic hydroxyl groups excluding tert-OH is 1. The van der Waals surface area contributed by atoms with E-state index in [9.17, 15) is 4.79 Å². The topological polar surface area (TPSA) is 202 Å². The number of hydrogen-bond donors (Lipinski definition) is 5. The number of nitrogens with one attached hydrogen (secondary N) is 1. The smallest absolute Gasteiger partial charge is 0.280 e. The molecule has 0 bridgehead atoms. The molecule has 1 amide bonds. The number of nitrogen functional groups attached to an aromatic ring is 2. The van der Waals surface area contributed by atoms with Crippen LogP contribution in [0.1, 0.15) is 36.2 Å². The number of halogens is 1. The van der Waals surface area contributed by atoms with Crippen molar-refractivity contribution < 1.29 is 28.8 Å². The van der Waals surface area contributed by atoms with E-state index >= 15 is 0 Å². The molecule has 0 aromatic carbocycles. The van der Waals surface area contributed by atoms with Crippen LogP contribution in [0.2, 0.25) is 5.15 Å². The van der Waals surface area contributed by atoms with Gasteiger partial charge in [0.25, 0.3) is 5.91 Å². The molecule has 8 N–H and O–H groups in total. The van der Waals surface area contributed by atoms with Crippen LogP contribution in [0.3, 0.4) is 0 Å². The number of nitrogens with two attached hydrogens (primary N) is 3. The van der Waals surface area contributed by atoms with Crippen molar-refractivity contribution in [1.29, 1.82) is 0 Å². The van der Waals surface area contributed by atoms with Gasteiger partial charge >= 0.3 is 0 Å². The fourth-order valence-corrected chi connectivity index (χ4v) is 2.65. The molecule has 0 radical (unpaired) electrons. The fraction of sp³-hybridized carbons (Fsp3) is 0.700. The van der Waals surface area contributed by atoms with Crippen LogP contribution in [-0.4, -0.2) is 92.9 Å². The van der Waals surface area contributed by atoms with E-state index in [-0.39, 0.29) is 35.0 Å². The minimum atomic E-state index is -0.661. The quantitative estimate of drug-likeness (QED) is 0.0957. The Labute approximate surface area is 204 Å². The second kappa shape index (κ2) is 19.1. The Morgan fingerprint density at radius 3 is 2.03 bits per heavy atom. The van der Waals surface area contributed by atoms with Gasteiger partial charge in [0.1, 0.15) is 0 Å². The third kappa shape index (κ3) is 14.1. The van der Waals surface area contributed by atoms with Crippen LogP contribution < -0.4 is 22.5 Å². The van der Waals surface area contributed by atoms with E-state index in [2.05, 4.69) is 20.3 Å². The van der Waals surface area contributed by atoms with Crippen LogP contribution >= 0.6 is 11.6 Å². The van der Waals surface area contributed by atoms with E-state index in [1.165, 1.54) is 0 Å². The molecule has 194 valence electrons. The Kier molecular flexibility index (Phi) is 16.7. The number of guanidine groups is 1. The minimum absolute atomic E-state index is 0.0180. The molecule has 13 nitrogen and oxygen atoms in total. The Hall–Kier alpha value is -2.29. The lowest BCUT2D eigenvalue weighted by Crippen LogP contribution is -2.38. The Morgan fingerprint density at radius 1 is 0.853 bits per heavy atom. The highest BCUT2D eigenvalue weighted by atomic mass is 35.5. The highest BCUT2D eigenvalue weighted by Crippen LogP contribution is 2.17. The van der Waals surface area contributed by atoms with E-state index in [1.54, 1.807) is 0 Å². The molecule has 0 aliphatic heterocycles. The summed E-state index contributed by atoms with van der Waals surface area (Å²) in [6.45, 7) is 4.48. The number of hydrogen-bond acceptors (Lipinski definition) is 11. The summed E-state index contributed by atoms with van der Waals surface area (Å²) in [6, 6.07) is 0. The van der Waals surface area contributed by atoms with Crippen molar-refractivity contribution in [2.24, 2.45) is 10.7 Å². The standard InChI is InChI=1S/C20H36ClN7O6/c21-16-18(23)27-17(22)15(26-16)19(30)28-20(24)25-5-3-1-2-4-7-31-9-11-33-13-14-34-12-10-32-8-6-29/h29H,1-14H2,(H4,22,23,27)(H3,24,25,28,30). The van der Waals surface area contributed by atoms with Crippen LogP contribution in [-0.2, 0) is 18.9 Å². The van der Waals surface area contributed by atoms with Crippen molar-refractivity contribution >= 4 is 35.1 Å². The molecular formula is C20H36ClN7O6. The molecule has 0 unspecified atom stereocenters. The number of carbonyl (C=O) groups is 1. The third-order valence-electron chi connectivity index (χ3n) is 4.19. The summed E-state index contributed by atoms with van der Waals surface area (Å²) in [7, 11) is 0. The number of unbranched alkanes of at least 4 members (excludes halogenated alkanes) is 3. The van der Waals surface area contributed by atoms with Crippen molar-refractivity contribution in [3.8, 4) is 0 Å². The monoisotopic (exact) mass is 505 g/mol. The van der Waals surface area contributed by atoms with Crippen molar-refractivity contribution in [3.63, 3.8) is 0 Å². The van der Waals surface area contributed by atoms with Crippen LogP contribution in [0.4, 0.5) is 11.6 Å². The lowest BCUT2D eigenvalue weighted by molar-refractivity contribution is -0.00577. The molecule has 1 heterocycles. The van der Waals surface area contributed by atoms with Gasteiger partial charge in [-0.15, -0.1) is 0 Å². The van der Waals surface area contributed by atoms with Gasteiger partial charge in [0.15, 0.2) is 28.4 Å². The lowest BCUT2D eigenvalue weighted by Gasteiger charge is -2.07. The van der Waals surface area contributed by atoms with Crippen LogP contribution in [0.25, 0.3) is 0 Å². The summed E-state index contributed by atoms with van der Waals surface area (Å²) in [6.07, 6.45) is 3.70. The largest absolute Gasteiger partial charge is 0.394 e. The number of anilines is 2. The van der Waals surface area contributed by atoms with Crippen molar-refractivity contribution in [1.82, 2.24) is 15.3 Å². The van der Waals surface area contributed by atoms with Gasteiger partial charge in [-0.3, -0.25) is 15.1 Å².